The zero-order valence-corrected chi connectivity index (χ0v) is 11.8. The Morgan fingerprint density at radius 3 is 2.69 bits per heavy atom. The van der Waals surface area contributed by atoms with Crippen LogP contribution < -0.4 is 0 Å². The number of amides is 1. The van der Waals surface area contributed by atoms with Gasteiger partial charge >= 0.3 is 0 Å². The summed E-state index contributed by atoms with van der Waals surface area (Å²) >= 11 is 13.1. The zero-order chi connectivity index (χ0) is 12.1. The van der Waals surface area contributed by atoms with Crippen LogP contribution >= 0.6 is 34.5 Å². The van der Waals surface area contributed by atoms with Crippen molar-refractivity contribution in [1.82, 2.24) is 4.90 Å². The molecule has 0 atom stereocenters. The topological polar surface area (TPSA) is 20.3 Å². The maximum Gasteiger partial charge on any atom is 0.265 e. The molecule has 0 aliphatic rings. The third-order valence-corrected chi connectivity index (χ3v) is 4.28. The van der Waals surface area contributed by atoms with E-state index in [0.29, 0.717) is 28.9 Å². The number of halogens is 2. The molecule has 0 fully saturated rings. The molecule has 16 heavy (non-hydrogen) atoms. The standard InChI is InChI=1S/C11H15Cl2NOS/c1-3-14(6-4-5-12)11(15)10-9(13)8(2)7-16-10/h7H,3-6H2,1-2H3. The van der Waals surface area contributed by atoms with E-state index in [1.807, 2.05) is 19.2 Å². The van der Waals surface area contributed by atoms with E-state index < -0.39 is 0 Å². The van der Waals surface area contributed by atoms with Crippen molar-refractivity contribution in [1.29, 1.82) is 0 Å². The first kappa shape index (κ1) is 13.8. The summed E-state index contributed by atoms with van der Waals surface area (Å²) in [7, 11) is 0. The van der Waals surface area contributed by atoms with Crippen LogP contribution in [0.25, 0.3) is 0 Å². The van der Waals surface area contributed by atoms with Crippen molar-refractivity contribution in [3.05, 3.63) is 20.8 Å². The van der Waals surface area contributed by atoms with Gasteiger partial charge in [-0.25, -0.2) is 0 Å². The Hall–Kier alpha value is -0.250. The quantitative estimate of drug-likeness (QED) is 0.751. The van der Waals surface area contributed by atoms with Crippen LogP contribution in [0.1, 0.15) is 28.6 Å². The van der Waals surface area contributed by atoms with Gasteiger partial charge in [-0.15, -0.1) is 22.9 Å². The Labute approximate surface area is 110 Å². The van der Waals surface area contributed by atoms with Crippen LogP contribution in [0.2, 0.25) is 5.02 Å². The molecule has 1 rings (SSSR count). The number of nitrogens with zero attached hydrogens (tertiary/aromatic N) is 1. The molecule has 2 nitrogen and oxygen atoms in total. The van der Waals surface area contributed by atoms with Gasteiger partial charge in [-0.1, -0.05) is 11.6 Å². The van der Waals surface area contributed by atoms with E-state index in [0.717, 1.165) is 12.0 Å². The predicted molar refractivity (Wildman–Crippen MR) is 71.0 cm³/mol. The molecule has 0 aliphatic carbocycles. The highest BCUT2D eigenvalue weighted by Gasteiger charge is 2.19. The third kappa shape index (κ3) is 3.12. The summed E-state index contributed by atoms with van der Waals surface area (Å²) in [6.07, 6.45) is 0.809. The molecule has 0 aromatic carbocycles. The highest BCUT2D eigenvalue weighted by Crippen LogP contribution is 2.28. The summed E-state index contributed by atoms with van der Waals surface area (Å²) < 4.78 is 0. The molecule has 1 amide bonds. The predicted octanol–water partition coefficient (Wildman–Crippen LogP) is 3.80. The van der Waals surface area contributed by atoms with Crippen molar-refractivity contribution >= 4 is 40.4 Å². The summed E-state index contributed by atoms with van der Waals surface area (Å²) in [5, 5.41) is 2.49. The fourth-order valence-electron chi connectivity index (χ4n) is 1.37. The fraction of sp³-hybridized carbons (Fsp3) is 0.545. The molecule has 1 aromatic heterocycles. The van der Waals surface area contributed by atoms with Crippen LogP contribution in [-0.2, 0) is 0 Å². The van der Waals surface area contributed by atoms with E-state index in [1.165, 1.54) is 11.3 Å². The molecular formula is C11H15Cl2NOS. The Balaban J connectivity index is 2.79. The second kappa shape index (κ2) is 6.48. The number of carbonyl (C=O) groups excluding carboxylic acids is 1. The first-order valence-electron chi connectivity index (χ1n) is 5.20. The lowest BCUT2D eigenvalue weighted by molar-refractivity contribution is 0.0770. The van der Waals surface area contributed by atoms with E-state index in [-0.39, 0.29) is 5.91 Å². The van der Waals surface area contributed by atoms with Crippen molar-refractivity contribution in [2.45, 2.75) is 20.3 Å². The van der Waals surface area contributed by atoms with Gasteiger partial charge in [0.15, 0.2) is 0 Å². The molecule has 0 N–H and O–H groups in total. The maximum atomic E-state index is 12.1. The van der Waals surface area contributed by atoms with Gasteiger partial charge in [0.2, 0.25) is 0 Å². The summed E-state index contributed by atoms with van der Waals surface area (Å²) in [5.74, 6) is 0.580. The van der Waals surface area contributed by atoms with Crippen LogP contribution in [0.5, 0.6) is 0 Å². The number of rotatable bonds is 5. The normalized spacial score (nSPS) is 10.5. The average molecular weight is 280 g/mol. The monoisotopic (exact) mass is 279 g/mol. The minimum atomic E-state index is 0.00992. The highest BCUT2D eigenvalue weighted by molar-refractivity contribution is 7.13. The van der Waals surface area contributed by atoms with Gasteiger partial charge in [-0.2, -0.15) is 0 Å². The van der Waals surface area contributed by atoms with Crippen molar-refractivity contribution in [2.24, 2.45) is 0 Å². The number of thiophene rings is 1. The van der Waals surface area contributed by atoms with Gasteiger partial charge < -0.3 is 4.90 Å². The highest BCUT2D eigenvalue weighted by atomic mass is 35.5. The summed E-state index contributed by atoms with van der Waals surface area (Å²) in [6, 6.07) is 0. The molecule has 0 unspecified atom stereocenters. The van der Waals surface area contributed by atoms with Gasteiger partial charge in [-0.05, 0) is 31.2 Å². The first-order chi connectivity index (χ1) is 7.61. The first-order valence-corrected chi connectivity index (χ1v) is 6.99. The molecular weight excluding hydrogens is 265 g/mol. The summed E-state index contributed by atoms with van der Waals surface area (Å²) in [6.45, 7) is 5.24. The number of hydrogen-bond acceptors (Lipinski definition) is 2. The molecule has 0 spiro atoms. The van der Waals surface area contributed by atoms with Crippen molar-refractivity contribution in [3.63, 3.8) is 0 Å². The Kier molecular flexibility index (Phi) is 5.59. The molecule has 1 heterocycles. The van der Waals surface area contributed by atoms with Gasteiger partial charge in [0.25, 0.3) is 5.91 Å². The van der Waals surface area contributed by atoms with E-state index >= 15 is 0 Å². The van der Waals surface area contributed by atoms with Gasteiger partial charge in [0.1, 0.15) is 4.88 Å². The smallest absolute Gasteiger partial charge is 0.265 e. The molecule has 0 aliphatic heterocycles. The molecule has 0 saturated carbocycles. The van der Waals surface area contributed by atoms with E-state index in [2.05, 4.69) is 0 Å². The van der Waals surface area contributed by atoms with E-state index in [9.17, 15) is 4.79 Å². The fourth-order valence-corrected chi connectivity index (χ4v) is 2.73. The van der Waals surface area contributed by atoms with Gasteiger partial charge in [0, 0.05) is 19.0 Å². The molecule has 0 bridgehead atoms. The van der Waals surface area contributed by atoms with Crippen LogP contribution in [-0.4, -0.2) is 29.8 Å². The Bertz CT molecular complexity index is 365. The number of hydrogen-bond donors (Lipinski definition) is 0. The zero-order valence-electron chi connectivity index (χ0n) is 9.43. The number of alkyl halides is 1. The lowest BCUT2D eigenvalue weighted by atomic mass is 10.3. The second-order valence-electron chi connectivity index (χ2n) is 3.49. The minimum Gasteiger partial charge on any atom is -0.338 e. The largest absolute Gasteiger partial charge is 0.338 e. The molecule has 0 radical (unpaired) electrons. The number of carbonyl (C=O) groups is 1. The maximum absolute atomic E-state index is 12.1. The van der Waals surface area contributed by atoms with Crippen molar-refractivity contribution < 1.29 is 4.79 Å². The van der Waals surface area contributed by atoms with Gasteiger partial charge in [-0.3, -0.25) is 4.79 Å². The van der Waals surface area contributed by atoms with Crippen LogP contribution in [0, 0.1) is 6.92 Å². The van der Waals surface area contributed by atoms with Crippen molar-refractivity contribution in [2.75, 3.05) is 19.0 Å². The minimum absolute atomic E-state index is 0.00992. The summed E-state index contributed by atoms with van der Waals surface area (Å²) in [5.41, 5.74) is 0.961. The van der Waals surface area contributed by atoms with E-state index in [1.54, 1.807) is 4.90 Å². The van der Waals surface area contributed by atoms with E-state index in [4.69, 9.17) is 23.2 Å². The van der Waals surface area contributed by atoms with Crippen LogP contribution in [0.3, 0.4) is 0 Å². The summed E-state index contributed by atoms with van der Waals surface area (Å²) in [4.78, 5) is 14.5. The Morgan fingerprint density at radius 1 is 1.56 bits per heavy atom. The lowest BCUT2D eigenvalue weighted by Gasteiger charge is -2.19. The van der Waals surface area contributed by atoms with Crippen molar-refractivity contribution in [3.8, 4) is 0 Å². The molecule has 5 heteroatoms. The number of aryl methyl sites for hydroxylation is 1. The Morgan fingerprint density at radius 2 is 2.25 bits per heavy atom. The van der Waals surface area contributed by atoms with Crippen LogP contribution in [0.4, 0.5) is 0 Å². The van der Waals surface area contributed by atoms with Crippen LogP contribution in [0.15, 0.2) is 5.38 Å². The lowest BCUT2D eigenvalue weighted by Crippen LogP contribution is -2.31. The second-order valence-corrected chi connectivity index (χ2v) is 5.12. The molecule has 90 valence electrons. The molecule has 0 saturated heterocycles. The van der Waals surface area contributed by atoms with Gasteiger partial charge in [0.05, 0.1) is 5.02 Å². The average Bonchev–Trinajstić information content (AvgIpc) is 2.60. The SMILES string of the molecule is CCN(CCCCl)C(=O)c1scc(C)c1Cl. The molecule has 1 aromatic rings. The third-order valence-electron chi connectivity index (χ3n) is 2.32.